The van der Waals surface area contributed by atoms with E-state index in [9.17, 15) is 9.59 Å². The van der Waals surface area contributed by atoms with E-state index in [1.165, 1.54) is 25.7 Å². The standard InChI is InChI=1S/C14H26N2O2/c1-4-5-6-7-8-9-10-16-12(17)11-15-13(18)14(16,2)3/h4-11H2,1-3H3,(H,15,18). The van der Waals surface area contributed by atoms with Crippen LogP contribution in [0.4, 0.5) is 0 Å². The summed E-state index contributed by atoms with van der Waals surface area (Å²) in [5, 5.41) is 2.64. The number of nitrogens with one attached hydrogen (secondary N) is 1. The van der Waals surface area contributed by atoms with Crippen LogP contribution in [0.15, 0.2) is 0 Å². The van der Waals surface area contributed by atoms with E-state index in [0.29, 0.717) is 6.54 Å². The summed E-state index contributed by atoms with van der Waals surface area (Å²) in [6.07, 6.45) is 7.17. The van der Waals surface area contributed by atoms with E-state index in [0.717, 1.165) is 12.8 Å². The van der Waals surface area contributed by atoms with Crippen LogP contribution >= 0.6 is 0 Å². The minimum absolute atomic E-state index is 0.0353. The van der Waals surface area contributed by atoms with Gasteiger partial charge in [-0.05, 0) is 20.3 Å². The first kappa shape index (κ1) is 15.0. The number of nitrogens with zero attached hydrogens (tertiary/aromatic N) is 1. The molecule has 104 valence electrons. The van der Waals surface area contributed by atoms with Crippen LogP contribution in [0.25, 0.3) is 0 Å². The van der Waals surface area contributed by atoms with Gasteiger partial charge >= 0.3 is 0 Å². The molecule has 0 aromatic carbocycles. The lowest BCUT2D eigenvalue weighted by atomic mass is 9.98. The zero-order valence-corrected chi connectivity index (χ0v) is 11.9. The Bertz CT molecular complexity index is 300. The van der Waals surface area contributed by atoms with Crippen LogP contribution in [0.2, 0.25) is 0 Å². The summed E-state index contributed by atoms with van der Waals surface area (Å²) in [4.78, 5) is 25.3. The number of rotatable bonds is 7. The van der Waals surface area contributed by atoms with Crippen molar-refractivity contribution in [2.24, 2.45) is 0 Å². The van der Waals surface area contributed by atoms with Gasteiger partial charge in [0.15, 0.2) is 0 Å². The molecular formula is C14H26N2O2. The first-order valence-electron chi connectivity index (χ1n) is 7.09. The maximum atomic E-state index is 11.8. The average Bonchev–Trinajstić information content (AvgIpc) is 2.32. The lowest BCUT2D eigenvalue weighted by molar-refractivity contribution is -0.151. The van der Waals surface area contributed by atoms with Crippen molar-refractivity contribution in [3.63, 3.8) is 0 Å². The zero-order valence-electron chi connectivity index (χ0n) is 11.9. The third kappa shape index (κ3) is 3.72. The van der Waals surface area contributed by atoms with Crippen LogP contribution in [-0.2, 0) is 9.59 Å². The number of hydrogen-bond acceptors (Lipinski definition) is 2. The van der Waals surface area contributed by atoms with E-state index in [2.05, 4.69) is 12.2 Å². The monoisotopic (exact) mass is 254 g/mol. The molecule has 1 rings (SSSR count). The minimum atomic E-state index is -0.696. The van der Waals surface area contributed by atoms with Gasteiger partial charge in [-0.25, -0.2) is 0 Å². The molecule has 1 fully saturated rings. The molecule has 1 aliphatic rings. The van der Waals surface area contributed by atoms with E-state index in [1.54, 1.807) is 4.90 Å². The summed E-state index contributed by atoms with van der Waals surface area (Å²) < 4.78 is 0. The fourth-order valence-corrected chi connectivity index (χ4v) is 2.36. The van der Waals surface area contributed by atoms with Crippen molar-refractivity contribution in [2.45, 2.75) is 64.8 Å². The molecule has 0 bridgehead atoms. The van der Waals surface area contributed by atoms with Gasteiger partial charge in [0.1, 0.15) is 5.54 Å². The number of piperazine rings is 1. The number of unbranched alkanes of at least 4 members (excludes halogenated alkanes) is 5. The summed E-state index contributed by atoms with van der Waals surface area (Å²) in [6, 6.07) is 0. The molecule has 4 heteroatoms. The fourth-order valence-electron chi connectivity index (χ4n) is 2.36. The molecule has 0 aliphatic carbocycles. The Balaban J connectivity index is 2.34. The van der Waals surface area contributed by atoms with E-state index >= 15 is 0 Å². The van der Waals surface area contributed by atoms with E-state index < -0.39 is 5.54 Å². The van der Waals surface area contributed by atoms with E-state index in [1.807, 2.05) is 13.8 Å². The van der Waals surface area contributed by atoms with Gasteiger partial charge in [0.2, 0.25) is 11.8 Å². The number of hydrogen-bond donors (Lipinski definition) is 1. The summed E-state index contributed by atoms with van der Waals surface area (Å²) in [5.74, 6) is -0.0127. The lowest BCUT2D eigenvalue weighted by Crippen LogP contribution is -2.64. The molecule has 0 unspecified atom stereocenters. The highest BCUT2D eigenvalue weighted by molar-refractivity contribution is 5.97. The van der Waals surface area contributed by atoms with Crippen molar-refractivity contribution < 1.29 is 9.59 Å². The van der Waals surface area contributed by atoms with Crippen LogP contribution in [-0.4, -0.2) is 35.3 Å². The third-order valence-electron chi connectivity index (χ3n) is 3.67. The lowest BCUT2D eigenvalue weighted by Gasteiger charge is -2.41. The van der Waals surface area contributed by atoms with Gasteiger partial charge in [-0.3, -0.25) is 9.59 Å². The summed E-state index contributed by atoms with van der Waals surface area (Å²) in [7, 11) is 0. The van der Waals surface area contributed by atoms with Crippen LogP contribution in [0.5, 0.6) is 0 Å². The van der Waals surface area contributed by atoms with E-state index in [-0.39, 0.29) is 18.4 Å². The average molecular weight is 254 g/mol. The molecule has 0 atom stereocenters. The molecule has 1 saturated heterocycles. The molecule has 1 heterocycles. The fraction of sp³-hybridized carbons (Fsp3) is 0.857. The first-order chi connectivity index (χ1) is 8.50. The largest absolute Gasteiger partial charge is 0.345 e. The molecule has 1 aliphatic heterocycles. The molecule has 0 aromatic rings. The van der Waals surface area contributed by atoms with Gasteiger partial charge in [-0.1, -0.05) is 39.0 Å². The van der Waals surface area contributed by atoms with Crippen molar-refractivity contribution >= 4 is 11.8 Å². The SMILES string of the molecule is CCCCCCCCN1C(=O)CNC(=O)C1(C)C. The smallest absolute Gasteiger partial charge is 0.245 e. The number of carbonyl (C=O) groups excluding carboxylic acids is 2. The summed E-state index contributed by atoms with van der Waals surface area (Å²) >= 11 is 0. The van der Waals surface area contributed by atoms with Gasteiger partial charge in [-0.15, -0.1) is 0 Å². The van der Waals surface area contributed by atoms with Crippen LogP contribution in [0.1, 0.15) is 59.3 Å². The number of amides is 2. The second-order valence-corrected chi connectivity index (χ2v) is 5.55. The van der Waals surface area contributed by atoms with Gasteiger partial charge in [-0.2, -0.15) is 0 Å². The predicted octanol–water partition coefficient (Wildman–Crippen LogP) is 2.08. The third-order valence-corrected chi connectivity index (χ3v) is 3.67. The highest BCUT2D eigenvalue weighted by atomic mass is 16.2. The highest BCUT2D eigenvalue weighted by Crippen LogP contribution is 2.19. The molecule has 4 nitrogen and oxygen atoms in total. The molecule has 18 heavy (non-hydrogen) atoms. The summed E-state index contributed by atoms with van der Waals surface area (Å²) in [6.45, 7) is 6.68. The van der Waals surface area contributed by atoms with Crippen molar-refractivity contribution in [3.8, 4) is 0 Å². The van der Waals surface area contributed by atoms with Crippen molar-refractivity contribution in [3.05, 3.63) is 0 Å². The second kappa shape index (κ2) is 6.76. The molecule has 1 N–H and O–H groups in total. The van der Waals surface area contributed by atoms with Gasteiger partial charge in [0.05, 0.1) is 6.54 Å². The molecular weight excluding hydrogens is 228 g/mol. The number of carbonyl (C=O) groups is 2. The van der Waals surface area contributed by atoms with Crippen LogP contribution in [0, 0.1) is 0 Å². The Labute approximate surface area is 110 Å². The topological polar surface area (TPSA) is 49.4 Å². The zero-order chi connectivity index (χ0) is 13.6. The van der Waals surface area contributed by atoms with Crippen molar-refractivity contribution in [1.29, 1.82) is 0 Å². The second-order valence-electron chi connectivity index (χ2n) is 5.55. The Hall–Kier alpha value is -1.06. The maximum absolute atomic E-state index is 11.8. The van der Waals surface area contributed by atoms with Crippen molar-refractivity contribution in [2.75, 3.05) is 13.1 Å². The first-order valence-corrected chi connectivity index (χ1v) is 7.09. The van der Waals surface area contributed by atoms with Gasteiger partial charge in [0.25, 0.3) is 0 Å². The predicted molar refractivity (Wildman–Crippen MR) is 72.2 cm³/mol. The highest BCUT2D eigenvalue weighted by Gasteiger charge is 2.40. The van der Waals surface area contributed by atoms with E-state index in [4.69, 9.17) is 0 Å². The molecule has 0 saturated carbocycles. The van der Waals surface area contributed by atoms with Crippen LogP contribution in [0.3, 0.4) is 0 Å². The minimum Gasteiger partial charge on any atom is -0.345 e. The van der Waals surface area contributed by atoms with Crippen LogP contribution < -0.4 is 5.32 Å². The maximum Gasteiger partial charge on any atom is 0.245 e. The molecule has 0 spiro atoms. The Morgan fingerprint density at radius 3 is 2.39 bits per heavy atom. The van der Waals surface area contributed by atoms with Gasteiger partial charge in [0, 0.05) is 6.54 Å². The van der Waals surface area contributed by atoms with Crippen molar-refractivity contribution in [1.82, 2.24) is 10.2 Å². The molecule has 2 amide bonds. The Kier molecular flexibility index (Phi) is 5.63. The molecule has 0 radical (unpaired) electrons. The quantitative estimate of drug-likeness (QED) is 0.707. The Morgan fingerprint density at radius 1 is 1.11 bits per heavy atom. The summed E-state index contributed by atoms with van der Waals surface area (Å²) in [5.41, 5.74) is -0.696. The molecule has 0 aromatic heterocycles. The Morgan fingerprint density at radius 2 is 1.72 bits per heavy atom. The normalized spacial score (nSPS) is 18.9. The van der Waals surface area contributed by atoms with Gasteiger partial charge < -0.3 is 10.2 Å².